The predicted octanol–water partition coefficient (Wildman–Crippen LogP) is 1.08. The number of hydrogen-bond donors (Lipinski definition) is 2. The lowest BCUT2D eigenvalue weighted by Gasteiger charge is -2.09. The van der Waals surface area contributed by atoms with E-state index in [1.807, 2.05) is 0 Å². The second kappa shape index (κ2) is 20.0. The number of aromatic amines is 2. The van der Waals surface area contributed by atoms with E-state index in [2.05, 4.69) is 9.97 Å². The van der Waals surface area contributed by atoms with Gasteiger partial charge in [0, 0.05) is 6.20 Å². The van der Waals surface area contributed by atoms with Gasteiger partial charge in [-0.15, -0.1) is 0 Å². The van der Waals surface area contributed by atoms with Gasteiger partial charge in [-0.2, -0.15) is 0 Å². The Balaban J connectivity index is 0.000000629. The molecule has 0 amide bonds. The van der Waals surface area contributed by atoms with E-state index >= 15 is 0 Å². The van der Waals surface area contributed by atoms with Gasteiger partial charge in [0.15, 0.2) is 4.77 Å². The van der Waals surface area contributed by atoms with E-state index in [9.17, 15) is 0 Å². The molecule has 0 aromatic carbocycles. The van der Waals surface area contributed by atoms with Crippen molar-refractivity contribution < 1.29 is 33.9 Å². The summed E-state index contributed by atoms with van der Waals surface area (Å²) in [5.41, 5.74) is 0. The molecule has 2 heterocycles. The lowest BCUT2D eigenvalue weighted by atomic mass is 10.6. The average molecular weight is 427 g/mol. The van der Waals surface area contributed by atoms with Crippen molar-refractivity contribution in [1.82, 2.24) is 9.97 Å². The Bertz CT molecular complexity index is 441. The van der Waals surface area contributed by atoms with Crippen molar-refractivity contribution in [3.63, 3.8) is 0 Å². The van der Waals surface area contributed by atoms with Gasteiger partial charge in [0.25, 0.3) is 0 Å². The second-order valence-electron chi connectivity index (χ2n) is 4.97. The van der Waals surface area contributed by atoms with E-state index in [-0.39, 0.29) is 5.48 Å². The van der Waals surface area contributed by atoms with Crippen molar-refractivity contribution >= 4 is 24.4 Å². The fourth-order valence-corrected chi connectivity index (χ4v) is 2.11. The summed E-state index contributed by atoms with van der Waals surface area (Å²) in [4.78, 5) is 5.51. The zero-order valence-corrected chi connectivity index (χ0v) is 17.0. The molecule has 1 saturated heterocycles. The number of H-pyrrole nitrogens is 2. The predicted molar refractivity (Wildman–Crippen MR) is 105 cm³/mol. The van der Waals surface area contributed by atoms with E-state index in [1.165, 1.54) is 0 Å². The molecule has 0 aliphatic carbocycles. The summed E-state index contributed by atoms with van der Waals surface area (Å²) < 4.78 is 33.2. The second-order valence-corrected chi connectivity index (χ2v) is 5.82. The molecule has 1 aromatic rings. The minimum atomic E-state index is 0. The van der Waals surface area contributed by atoms with Crippen LogP contribution < -0.4 is 0 Å². The average Bonchev–Trinajstić information content (AvgIpc) is 2.62. The molecule has 1 aliphatic rings. The largest absolute Gasteiger partial charge is 0.412 e. The van der Waals surface area contributed by atoms with Gasteiger partial charge in [-0.05, 0) is 18.3 Å². The molecule has 2 rings (SSSR count). The Hall–Kier alpha value is -0.760. The van der Waals surface area contributed by atoms with Crippen molar-refractivity contribution in [2.75, 3.05) is 79.3 Å². The first-order valence-corrected chi connectivity index (χ1v) is 9.35. The molecule has 0 bridgehead atoms. The molecule has 11 heteroatoms. The van der Waals surface area contributed by atoms with E-state index in [4.69, 9.17) is 52.9 Å². The van der Waals surface area contributed by atoms with Crippen LogP contribution in [0.1, 0.15) is 0 Å². The molecule has 0 saturated carbocycles. The Labute approximate surface area is 169 Å². The molecule has 4 N–H and O–H groups in total. The SMILES string of the molecule is C1COCCOCCOCCOCCOCCO1.O.S=c1cc[nH]c(=S)[nH]1. The first kappa shape index (κ1) is 26.2. The zero-order chi connectivity index (χ0) is 18.7. The van der Waals surface area contributed by atoms with Crippen LogP contribution in [0, 0.1) is 9.41 Å². The smallest absolute Gasteiger partial charge is 0.175 e. The summed E-state index contributed by atoms with van der Waals surface area (Å²) in [6.45, 7) is 7.04. The molecule has 1 fully saturated rings. The van der Waals surface area contributed by atoms with Crippen LogP contribution >= 0.6 is 24.4 Å². The van der Waals surface area contributed by atoms with Gasteiger partial charge >= 0.3 is 0 Å². The van der Waals surface area contributed by atoms with E-state index in [0.717, 1.165) is 0 Å². The Kier molecular flexibility index (Phi) is 19.4. The third-order valence-electron chi connectivity index (χ3n) is 2.92. The molecular formula is C16H30N2O7S2. The minimum absolute atomic E-state index is 0. The van der Waals surface area contributed by atoms with Gasteiger partial charge in [0.05, 0.1) is 79.3 Å². The van der Waals surface area contributed by atoms with Crippen LogP contribution in [0.15, 0.2) is 12.3 Å². The zero-order valence-electron chi connectivity index (χ0n) is 15.4. The van der Waals surface area contributed by atoms with Gasteiger partial charge in [-0.25, -0.2) is 0 Å². The van der Waals surface area contributed by atoms with Crippen molar-refractivity contribution in [3.8, 4) is 0 Å². The van der Waals surface area contributed by atoms with Gasteiger partial charge in [0.1, 0.15) is 4.64 Å². The molecule has 1 aliphatic heterocycles. The van der Waals surface area contributed by atoms with Gasteiger partial charge in [-0.3, -0.25) is 0 Å². The van der Waals surface area contributed by atoms with Crippen LogP contribution in [0.5, 0.6) is 0 Å². The first-order chi connectivity index (χ1) is 12.8. The van der Waals surface area contributed by atoms with Crippen LogP contribution in [0.3, 0.4) is 0 Å². The number of nitrogens with one attached hydrogen (secondary N) is 2. The van der Waals surface area contributed by atoms with Gasteiger partial charge < -0.3 is 43.9 Å². The Morgan fingerprint density at radius 1 is 0.593 bits per heavy atom. The van der Waals surface area contributed by atoms with Crippen molar-refractivity contribution in [3.05, 3.63) is 21.7 Å². The minimum Gasteiger partial charge on any atom is -0.412 e. The monoisotopic (exact) mass is 426 g/mol. The summed E-state index contributed by atoms with van der Waals surface area (Å²) in [6.07, 6.45) is 1.71. The molecule has 9 nitrogen and oxygen atoms in total. The number of rotatable bonds is 0. The highest BCUT2D eigenvalue weighted by atomic mass is 32.1. The maximum absolute atomic E-state index is 5.33. The van der Waals surface area contributed by atoms with E-state index in [0.29, 0.717) is 88.7 Å². The highest BCUT2D eigenvalue weighted by molar-refractivity contribution is 7.72. The van der Waals surface area contributed by atoms with Crippen LogP contribution in [0.4, 0.5) is 0 Å². The number of ether oxygens (including phenoxy) is 6. The normalized spacial score (nSPS) is 18.7. The Morgan fingerprint density at radius 3 is 1.07 bits per heavy atom. The standard InChI is InChI=1S/C12H24O6.C4H4N2S2.H2O/c1-2-14-5-6-16-9-10-18-12-11-17-8-7-15-4-3-13-1;7-3-1-2-5-4(8)6-3;/h1-12H2;1-2H,(H2,5,6,7,8);1H2. The van der Waals surface area contributed by atoms with E-state index < -0.39 is 0 Å². The van der Waals surface area contributed by atoms with Gasteiger partial charge in [-0.1, -0.05) is 12.2 Å². The van der Waals surface area contributed by atoms with Crippen molar-refractivity contribution in [2.45, 2.75) is 0 Å². The van der Waals surface area contributed by atoms with Crippen LogP contribution in [0.25, 0.3) is 0 Å². The van der Waals surface area contributed by atoms with Crippen molar-refractivity contribution in [2.24, 2.45) is 0 Å². The fourth-order valence-electron chi connectivity index (χ4n) is 1.70. The summed E-state index contributed by atoms with van der Waals surface area (Å²) in [7, 11) is 0. The molecular weight excluding hydrogens is 396 g/mol. The van der Waals surface area contributed by atoms with Crippen molar-refractivity contribution in [1.29, 1.82) is 0 Å². The van der Waals surface area contributed by atoms with E-state index in [1.54, 1.807) is 12.3 Å². The first-order valence-electron chi connectivity index (χ1n) is 8.53. The quantitative estimate of drug-likeness (QED) is 0.592. The maximum atomic E-state index is 5.33. The summed E-state index contributed by atoms with van der Waals surface area (Å²) in [5.74, 6) is 0. The van der Waals surface area contributed by atoms with Crippen LogP contribution in [-0.2, 0) is 28.4 Å². The highest BCUT2D eigenvalue weighted by Gasteiger charge is 1.95. The number of hydrogen-bond acceptors (Lipinski definition) is 8. The number of aromatic nitrogens is 2. The molecule has 0 radical (unpaired) electrons. The third-order valence-corrected chi connectivity index (χ3v) is 3.38. The topological polar surface area (TPSA) is 118 Å². The molecule has 0 atom stereocenters. The molecule has 158 valence electrons. The molecule has 27 heavy (non-hydrogen) atoms. The lowest BCUT2D eigenvalue weighted by Crippen LogP contribution is -2.16. The molecule has 0 unspecified atom stereocenters. The molecule has 0 spiro atoms. The highest BCUT2D eigenvalue weighted by Crippen LogP contribution is 1.86. The third kappa shape index (κ3) is 18.4. The fraction of sp³-hybridized carbons (Fsp3) is 0.750. The maximum Gasteiger partial charge on any atom is 0.175 e. The van der Waals surface area contributed by atoms with Crippen LogP contribution in [0.2, 0.25) is 0 Å². The van der Waals surface area contributed by atoms with Crippen LogP contribution in [-0.4, -0.2) is 94.7 Å². The summed E-state index contributed by atoms with van der Waals surface area (Å²) in [5, 5.41) is 0. The lowest BCUT2D eigenvalue weighted by molar-refractivity contribution is -0.0334. The molecule has 1 aromatic heterocycles. The summed E-state index contributed by atoms with van der Waals surface area (Å²) in [6, 6.07) is 1.74. The Morgan fingerprint density at radius 2 is 0.889 bits per heavy atom. The van der Waals surface area contributed by atoms with Gasteiger partial charge in [0.2, 0.25) is 0 Å². The summed E-state index contributed by atoms with van der Waals surface area (Å²) >= 11 is 9.48.